The number of nitrogens with one attached hydrogen (secondary N) is 1. The maximum atomic E-state index is 13.9. The number of benzene rings is 3. The van der Waals surface area contributed by atoms with Crippen molar-refractivity contribution in [2.75, 3.05) is 4.90 Å². The number of carbonyl (C=O) groups excluding carboxylic acids is 2. The van der Waals surface area contributed by atoms with Crippen LogP contribution in [-0.2, 0) is 22.7 Å². The molecule has 5 aromatic rings. The number of phenolic OH excluding ortho intramolecular Hbond substituents is 1. The summed E-state index contributed by atoms with van der Waals surface area (Å²) in [6, 6.07) is 27.1. The number of rotatable bonds is 9. The molecule has 10 nitrogen and oxygen atoms in total. The van der Waals surface area contributed by atoms with Crippen LogP contribution in [0.25, 0.3) is 11.6 Å². The van der Waals surface area contributed by atoms with Gasteiger partial charge in [-0.1, -0.05) is 60.7 Å². The van der Waals surface area contributed by atoms with Crippen molar-refractivity contribution in [2.45, 2.75) is 26.1 Å². The summed E-state index contributed by atoms with van der Waals surface area (Å²) in [5.74, 6) is 0.609. The summed E-state index contributed by atoms with van der Waals surface area (Å²) in [6.07, 6.45) is 0. The number of aryl methyl sites for hydroxylation is 1. The molecule has 0 aliphatic rings. The third-order valence-corrected chi connectivity index (χ3v) is 6.02. The van der Waals surface area contributed by atoms with Gasteiger partial charge < -0.3 is 14.8 Å². The monoisotopic (exact) mass is 522 g/mol. The molecule has 0 bridgehead atoms. The van der Waals surface area contributed by atoms with Crippen molar-refractivity contribution < 1.29 is 19.1 Å². The van der Waals surface area contributed by atoms with Gasteiger partial charge in [0.15, 0.2) is 5.76 Å². The van der Waals surface area contributed by atoms with Gasteiger partial charge in [-0.3, -0.25) is 14.5 Å². The second-order valence-electron chi connectivity index (χ2n) is 8.85. The fourth-order valence-electron chi connectivity index (χ4n) is 4.14. The molecule has 0 fully saturated rings. The lowest BCUT2D eigenvalue weighted by Crippen LogP contribution is -2.45. The number of hydrogen-bond acceptors (Lipinski definition) is 7. The number of amides is 2. The molecule has 10 heteroatoms. The molecule has 0 unspecified atom stereocenters. The van der Waals surface area contributed by atoms with Crippen LogP contribution in [0.1, 0.15) is 22.9 Å². The smallest absolute Gasteiger partial charge is 0.251 e. The highest BCUT2D eigenvalue weighted by Gasteiger charge is 2.33. The van der Waals surface area contributed by atoms with E-state index in [1.54, 1.807) is 48.5 Å². The van der Waals surface area contributed by atoms with Gasteiger partial charge in [-0.05, 0) is 59.7 Å². The Labute approximate surface area is 224 Å². The molecule has 0 aliphatic heterocycles. The van der Waals surface area contributed by atoms with Gasteiger partial charge in [0, 0.05) is 12.2 Å². The third kappa shape index (κ3) is 6.02. The minimum Gasteiger partial charge on any atom is -0.508 e. The minimum absolute atomic E-state index is 0.0484. The normalized spacial score (nSPS) is 11.6. The van der Waals surface area contributed by atoms with Gasteiger partial charge in [-0.25, -0.2) is 0 Å². The van der Waals surface area contributed by atoms with E-state index >= 15 is 0 Å². The van der Waals surface area contributed by atoms with Crippen molar-refractivity contribution in [3.63, 3.8) is 0 Å². The van der Waals surface area contributed by atoms with E-state index in [0.29, 0.717) is 22.8 Å². The van der Waals surface area contributed by atoms with E-state index in [1.165, 1.54) is 21.8 Å². The molecule has 196 valence electrons. The van der Waals surface area contributed by atoms with Gasteiger partial charge in [-0.2, -0.15) is 4.80 Å². The second kappa shape index (κ2) is 11.4. The van der Waals surface area contributed by atoms with Crippen molar-refractivity contribution in [3.05, 3.63) is 114 Å². The number of para-hydroxylation sites is 1. The largest absolute Gasteiger partial charge is 0.508 e. The zero-order chi connectivity index (χ0) is 27.2. The number of nitrogens with zero attached hydrogens (tertiary/aromatic N) is 5. The Bertz CT molecular complexity index is 1550. The summed E-state index contributed by atoms with van der Waals surface area (Å²) in [5.41, 5.74) is 1.95. The average molecular weight is 523 g/mol. The Morgan fingerprint density at radius 2 is 1.64 bits per heavy atom. The van der Waals surface area contributed by atoms with Crippen LogP contribution in [0.2, 0.25) is 0 Å². The molecule has 2 aromatic heterocycles. The maximum absolute atomic E-state index is 13.9. The Morgan fingerprint density at radius 1 is 0.949 bits per heavy atom. The molecule has 2 amide bonds. The SMILES string of the molecule is Cc1ccc(-c2nnn(CC(=O)N(c3ccccc3)[C@@H](C(=O)NCc3ccccc3)c3ccc(O)cc3)n2)o1. The number of aromatic nitrogens is 4. The Balaban J connectivity index is 1.48. The van der Waals surface area contributed by atoms with Crippen LogP contribution in [0.3, 0.4) is 0 Å². The molecule has 39 heavy (non-hydrogen) atoms. The predicted molar refractivity (Wildman–Crippen MR) is 143 cm³/mol. The van der Waals surface area contributed by atoms with E-state index in [-0.39, 0.29) is 30.6 Å². The van der Waals surface area contributed by atoms with Crippen LogP contribution in [0.5, 0.6) is 5.75 Å². The van der Waals surface area contributed by atoms with Crippen LogP contribution >= 0.6 is 0 Å². The van der Waals surface area contributed by atoms with E-state index in [0.717, 1.165) is 5.56 Å². The first-order valence-corrected chi connectivity index (χ1v) is 12.3. The minimum atomic E-state index is -1.04. The van der Waals surface area contributed by atoms with Crippen LogP contribution < -0.4 is 10.2 Å². The van der Waals surface area contributed by atoms with Gasteiger partial charge in [0.2, 0.25) is 11.7 Å². The van der Waals surface area contributed by atoms with E-state index in [1.807, 2.05) is 43.3 Å². The second-order valence-corrected chi connectivity index (χ2v) is 8.85. The molecule has 3 aromatic carbocycles. The number of furan rings is 1. The topological polar surface area (TPSA) is 126 Å². The molecule has 0 saturated carbocycles. The van der Waals surface area contributed by atoms with Crippen LogP contribution in [0, 0.1) is 6.92 Å². The first-order valence-electron chi connectivity index (χ1n) is 12.3. The molecule has 0 saturated heterocycles. The summed E-state index contributed by atoms with van der Waals surface area (Å²) in [5, 5.41) is 25.1. The zero-order valence-electron chi connectivity index (χ0n) is 21.1. The van der Waals surface area contributed by atoms with Crippen molar-refractivity contribution >= 4 is 17.5 Å². The fraction of sp³-hybridized carbons (Fsp3) is 0.138. The summed E-state index contributed by atoms with van der Waals surface area (Å²) >= 11 is 0. The zero-order valence-corrected chi connectivity index (χ0v) is 21.1. The Morgan fingerprint density at radius 3 is 2.31 bits per heavy atom. The Kier molecular flexibility index (Phi) is 7.44. The van der Waals surface area contributed by atoms with Crippen molar-refractivity contribution in [1.82, 2.24) is 25.5 Å². The third-order valence-electron chi connectivity index (χ3n) is 6.02. The number of aromatic hydroxyl groups is 1. The first kappa shape index (κ1) is 25.4. The van der Waals surface area contributed by atoms with Gasteiger partial charge in [0.25, 0.3) is 5.91 Å². The maximum Gasteiger partial charge on any atom is 0.251 e. The van der Waals surface area contributed by atoms with Gasteiger partial charge in [0.05, 0.1) is 0 Å². The van der Waals surface area contributed by atoms with E-state index in [4.69, 9.17) is 4.42 Å². The lowest BCUT2D eigenvalue weighted by Gasteiger charge is -2.31. The molecule has 1 atom stereocenters. The van der Waals surface area contributed by atoms with Crippen LogP contribution in [-0.4, -0.2) is 37.1 Å². The summed E-state index contributed by atoms with van der Waals surface area (Å²) in [6.45, 7) is 1.81. The molecule has 0 aliphatic carbocycles. The quantitative estimate of drug-likeness (QED) is 0.299. The molecule has 2 heterocycles. The molecule has 2 N–H and O–H groups in total. The molecule has 0 radical (unpaired) electrons. The molecule has 0 spiro atoms. The number of tetrazole rings is 1. The number of phenols is 1. The average Bonchev–Trinajstić information content (AvgIpc) is 3.61. The number of hydrogen-bond donors (Lipinski definition) is 2. The van der Waals surface area contributed by atoms with E-state index in [2.05, 4.69) is 20.7 Å². The predicted octanol–water partition coefficient (Wildman–Crippen LogP) is 4.04. The van der Waals surface area contributed by atoms with Crippen molar-refractivity contribution in [3.8, 4) is 17.3 Å². The summed E-state index contributed by atoms with van der Waals surface area (Å²) in [4.78, 5) is 30.2. The lowest BCUT2D eigenvalue weighted by molar-refractivity contribution is -0.127. The van der Waals surface area contributed by atoms with Gasteiger partial charge >= 0.3 is 0 Å². The molecular formula is C29H26N6O4. The van der Waals surface area contributed by atoms with Gasteiger partial charge in [-0.15, -0.1) is 10.2 Å². The summed E-state index contributed by atoms with van der Waals surface area (Å²) in [7, 11) is 0. The molecule has 5 rings (SSSR count). The number of carbonyl (C=O) groups is 2. The van der Waals surface area contributed by atoms with Crippen LogP contribution in [0.4, 0.5) is 5.69 Å². The fourth-order valence-corrected chi connectivity index (χ4v) is 4.14. The standard InChI is InChI=1S/C29H26N6O4/c1-20-12-17-25(39-20)28-31-33-34(32-28)19-26(37)35(23-10-6-3-7-11-23)27(22-13-15-24(36)16-14-22)29(38)30-18-21-8-4-2-5-9-21/h2-17,27,36H,18-19H2,1H3,(H,30,38)/t27-/m1/s1. The van der Waals surface area contributed by atoms with E-state index < -0.39 is 11.9 Å². The highest BCUT2D eigenvalue weighted by molar-refractivity contribution is 6.01. The summed E-state index contributed by atoms with van der Waals surface area (Å²) < 4.78 is 5.56. The highest BCUT2D eigenvalue weighted by atomic mass is 16.3. The first-order chi connectivity index (χ1) is 19.0. The van der Waals surface area contributed by atoms with E-state index in [9.17, 15) is 14.7 Å². The van der Waals surface area contributed by atoms with Crippen LogP contribution in [0.15, 0.2) is 101 Å². The highest BCUT2D eigenvalue weighted by Crippen LogP contribution is 2.29. The van der Waals surface area contributed by atoms with Crippen molar-refractivity contribution in [1.29, 1.82) is 0 Å². The Hall–Kier alpha value is -5.25. The number of anilines is 1. The lowest BCUT2D eigenvalue weighted by atomic mass is 10.0. The molecular weight excluding hydrogens is 496 g/mol. The van der Waals surface area contributed by atoms with Crippen molar-refractivity contribution in [2.24, 2.45) is 0 Å². The van der Waals surface area contributed by atoms with Gasteiger partial charge in [0.1, 0.15) is 24.1 Å².